The molecule has 2 N–H and O–H groups in total. The van der Waals surface area contributed by atoms with E-state index >= 15 is 0 Å². The molecule has 0 aliphatic heterocycles. The summed E-state index contributed by atoms with van der Waals surface area (Å²) in [6.07, 6.45) is 2.18. The van der Waals surface area contributed by atoms with Crippen molar-refractivity contribution >= 4 is 5.91 Å². The van der Waals surface area contributed by atoms with Gasteiger partial charge in [-0.1, -0.05) is 0 Å². The van der Waals surface area contributed by atoms with Crippen LogP contribution in [0.2, 0.25) is 0 Å². The van der Waals surface area contributed by atoms with Crippen molar-refractivity contribution in [2.45, 2.75) is 25.4 Å². The molecule has 0 heterocycles. The Labute approximate surface area is 60.4 Å². The van der Waals surface area contributed by atoms with Gasteiger partial charge in [0.05, 0.1) is 12.0 Å². The fourth-order valence-corrected chi connectivity index (χ4v) is 1.43. The zero-order chi connectivity index (χ0) is 7.56. The number of carbonyl (C=O) groups excluding carboxylic acids is 1. The third kappa shape index (κ3) is 1.29. The van der Waals surface area contributed by atoms with E-state index in [9.17, 15) is 9.90 Å². The largest absolute Gasteiger partial charge is 0.392 e. The highest BCUT2D eigenvalue weighted by molar-refractivity contribution is 5.79. The average Bonchev–Trinajstić information content (AvgIpc) is 2.34. The van der Waals surface area contributed by atoms with Gasteiger partial charge in [0.2, 0.25) is 5.91 Å². The quantitative estimate of drug-likeness (QED) is 0.538. The van der Waals surface area contributed by atoms with E-state index in [-0.39, 0.29) is 11.8 Å². The van der Waals surface area contributed by atoms with Gasteiger partial charge in [-0.15, -0.1) is 0 Å². The first-order valence-electron chi connectivity index (χ1n) is 3.65. The summed E-state index contributed by atoms with van der Waals surface area (Å²) in [5, 5.41) is 11.8. The minimum absolute atomic E-state index is 0.0231. The number of aliphatic hydroxyl groups is 1. The van der Waals surface area contributed by atoms with Gasteiger partial charge in [0.15, 0.2) is 0 Å². The Morgan fingerprint density at radius 2 is 2.30 bits per heavy atom. The molecular formula is C7H13NO2. The van der Waals surface area contributed by atoms with Crippen molar-refractivity contribution in [1.82, 2.24) is 5.32 Å². The molecular weight excluding hydrogens is 130 g/mol. The van der Waals surface area contributed by atoms with Crippen LogP contribution in [0.15, 0.2) is 0 Å². The first-order valence-corrected chi connectivity index (χ1v) is 3.65. The molecule has 1 fully saturated rings. The van der Waals surface area contributed by atoms with Crippen molar-refractivity contribution < 1.29 is 9.90 Å². The number of rotatable bonds is 1. The van der Waals surface area contributed by atoms with E-state index < -0.39 is 6.10 Å². The van der Waals surface area contributed by atoms with Crippen molar-refractivity contribution in [1.29, 1.82) is 0 Å². The highest BCUT2D eigenvalue weighted by atomic mass is 16.3. The first-order chi connectivity index (χ1) is 4.75. The molecule has 1 saturated carbocycles. The molecule has 0 bridgehead atoms. The lowest BCUT2D eigenvalue weighted by Crippen LogP contribution is -2.32. The Morgan fingerprint density at radius 3 is 2.70 bits per heavy atom. The molecule has 0 radical (unpaired) electrons. The molecule has 0 aromatic heterocycles. The van der Waals surface area contributed by atoms with E-state index in [1.165, 1.54) is 0 Å². The maximum atomic E-state index is 11.0. The van der Waals surface area contributed by atoms with Crippen LogP contribution in [0.4, 0.5) is 0 Å². The van der Waals surface area contributed by atoms with Crippen LogP contribution in [0.25, 0.3) is 0 Å². The minimum Gasteiger partial charge on any atom is -0.392 e. The lowest BCUT2D eigenvalue weighted by molar-refractivity contribution is -0.126. The third-order valence-corrected chi connectivity index (χ3v) is 2.06. The number of nitrogens with one attached hydrogen (secondary N) is 1. The van der Waals surface area contributed by atoms with Crippen LogP contribution in [-0.4, -0.2) is 24.2 Å². The van der Waals surface area contributed by atoms with Crippen LogP contribution in [0.5, 0.6) is 0 Å². The number of aliphatic hydroxyl groups excluding tert-OH is 1. The monoisotopic (exact) mass is 143 g/mol. The van der Waals surface area contributed by atoms with Crippen molar-refractivity contribution in [3.05, 3.63) is 0 Å². The van der Waals surface area contributed by atoms with E-state index in [4.69, 9.17) is 0 Å². The molecule has 2 atom stereocenters. The molecule has 0 aromatic carbocycles. The first kappa shape index (κ1) is 7.54. The van der Waals surface area contributed by atoms with Crippen LogP contribution in [0.3, 0.4) is 0 Å². The summed E-state index contributed by atoms with van der Waals surface area (Å²) in [6, 6.07) is 0. The Morgan fingerprint density at radius 1 is 1.60 bits per heavy atom. The van der Waals surface area contributed by atoms with Crippen LogP contribution in [-0.2, 0) is 4.79 Å². The van der Waals surface area contributed by atoms with Crippen LogP contribution >= 0.6 is 0 Å². The van der Waals surface area contributed by atoms with Gasteiger partial charge in [0.25, 0.3) is 0 Å². The molecule has 1 aliphatic rings. The Balaban J connectivity index is 2.46. The maximum absolute atomic E-state index is 11.0. The summed E-state index contributed by atoms with van der Waals surface area (Å²) in [7, 11) is 1.60. The molecule has 1 aliphatic carbocycles. The van der Waals surface area contributed by atoms with Crippen molar-refractivity contribution in [3.8, 4) is 0 Å². The van der Waals surface area contributed by atoms with Crippen LogP contribution < -0.4 is 5.32 Å². The Kier molecular flexibility index (Phi) is 2.27. The lowest BCUT2D eigenvalue weighted by atomic mass is 10.1. The number of hydrogen-bond donors (Lipinski definition) is 2. The molecule has 3 nitrogen and oxygen atoms in total. The zero-order valence-corrected chi connectivity index (χ0v) is 6.13. The van der Waals surface area contributed by atoms with Gasteiger partial charge in [-0.3, -0.25) is 4.79 Å². The third-order valence-electron chi connectivity index (χ3n) is 2.06. The molecule has 0 spiro atoms. The number of hydrogen-bond acceptors (Lipinski definition) is 2. The van der Waals surface area contributed by atoms with E-state index in [1.807, 2.05) is 0 Å². The summed E-state index contributed by atoms with van der Waals surface area (Å²) in [6.45, 7) is 0. The lowest BCUT2D eigenvalue weighted by Gasteiger charge is -2.11. The number of amides is 1. The molecule has 58 valence electrons. The summed E-state index contributed by atoms with van der Waals surface area (Å²) in [4.78, 5) is 11.0. The predicted molar refractivity (Wildman–Crippen MR) is 37.4 cm³/mol. The maximum Gasteiger partial charge on any atom is 0.225 e. The summed E-state index contributed by atoms with van der Waals surface area (Å²) in [5.74, 6) is -0.171. The molecule has 1 rings (SSSR count). The SMILES string of the molecule is CNC(=O)C1CCCC1O. The van der Waals surface area contributed by atoms with Gasteiger partial charge in [-0.25, -0.2) is 0 Å². The second-order valence-corrected chi connectivity index (χ2v) is 2.72. The summed E-state index contributed by atoms with van der Waals surface area (Å²) >= 11 is 0. The van der Waals surface area contributed by atoms with Gasteiger partial charge in [-0.2, -0.15) is 0 Å². The molecule has 10 heavy (non-hydrogen) atoms. The normalized spacial score (nSPS) is 32.2. The highest BCUT2D eigenvalue weighted by Crippen LogP contribution is 2.25. The van der Waals surface area contributed by atoms with Gasteiger partial charge in [0, 0.05) is 7.05 Å². The molecule has 0 aromatic rings. The van der Waals surface area contributed by atoms with E-state index in [0.29, 0.717) is 0 Å². The van der Waals surface area contributed by atoms with Gasteiger partial charge in [-0.05, 0) is 19.3 Å². The molecule has 1 amide bonds. The summed E-state index contributed by atoms with van der Waals surface area (Å²) < 4.78 is 0. The average molecular weight is 143 g/mol. The van der Waals surface area contributed by atoms with Gasteiger partial charge >= 0.3 is 0 Å². The summed E-state index contributed by atoms with van der Waals surface area (Å²) in [5.41, 5.74) is 0. The minimum atomic E-state index is -0.403. The van der Waals surface area contributed by atoms with Crippen LogP contribution in [0, 0.1) is 5.92 Å². The Bertz CT molecular complexity index is 136. The Hall–Kier alpha value is -0.570. The van der Waals surface area contributed by atoms with Crippen LogP contribution in [0.1, 0.15) is 19.3 Å². The van der Waals surface area contributed by atoms with E-state index in [2.05, 4.69) is 5.32 Å². The van der Waals surface area contributed by atoms with Crippen molar-refractivity contribution in [2.24, 2.45) is 5.92 Å². The van der Waals surface area contributed by atoms with Crippen molar-refractivity contribution in [3.63, 3.8) is 0 Å². The van der Waals surface area contributed by atoms with E-state index in [1.54, 1.807) is 7.05 Å². The van der Waals surface area contributed by atoms with Gasteiger partial charge < -0.3 is 10.4 Å². The molecule has 0 saturated heterocycles. The fourth-order valence-electron chi connectivity index (χ4n) is 1.43. The molecule has 3 heteroatoms. The predicted octanol–water partition coefficient (Wildman–Crippen LogP) is -0.107. The van der Waals surface area contributed by atoms with E-state index in [0.717, 1.165) is 19.3 Å². The second kappa shape index (κ2) is 3.01. The topological polar surface area (TPSA) is 49.3 Å². The standard InChI is InChI=1S/C7H13NO2/c1-8-7(10)5-3-2-4-6(5)9/h5-6,9H,2-4H2,1H3,(H,8,10). The zero-order valence-electron chi connectivity index (χ0n) is 6.13. The van der Waals surface area contributed by atoms with Gasteiger partial charge in [0.1, 0.15) is 0 Å². The highest BCUT2D eigenvalue weighted by Gasteiger charge is 2.30. The smallest absolute Gasteiger partial charge is 0.225 e. The second-order valence-electron chi connectivity index (χ2n) is 2.72. The number of carbonyl (C=O) groups is 1. The fraction of sp³-hybridized carbons (Fsp3) is 0.857. The van der Waals surface area contributed by atoms with Crippen molar-refractivity contribution in [2.75, 3.05) is 7.05 Å². The molecule has 2 unspecified atom stereocenters.